The molecule has 0 radical (unpaired) electrons. The first-order valence-corrected chi connectivity index (χ1v) is 8.90. The summed E-state index contributed by atoms with van der Waals surface area (Å²) in [5.74, 6) is 0.433. The summed E-state index contributed by atoms with van der Waals surface area (Å²) in [5.41, 5.74) is 3.40. The molecular formula is C19H23N5O. The number of nitrogens with one attached hydrogen (secondary N) is 2. The molecule has 1 fully saturated rings. The fourth-order valence-electron chi connectivity index (χ4n) is 3.70. The van der Waals surface area contributed by atoms with Gasteiger partial charge in [0.2, 0.25) is 0 Å². The predicted octanol–water partition coefficient (Wildman–Crippen LogP) is 3.27. The minimum Gasteiger partial charge on any atom is -0.348 e. The van der Waals surface area contributed by atoms with Crippen LogP contribution < -0.4 is 5.32 Å². The van der Waals surface area contributed by atoms with Crippen molar-refractivity contribution in [3.05, 3.63) is 36.3 Å². The maximum Gasteiger partial charge on any atom is 0.272 e. The third-order valence-electron chi connectivity index (χ3n) is 5.24. The van der Waals surface area contributed by atoms with Gasteiger partial charge in [-0.1, -0.05) is 25.8 Å². The average molecular weight is 337 g/mol. The van der Waals surface area contributed by atoms with Crippen LogP contribution in [0.15, 0.2) is 30.6 Å². The smallest absolute Gasteiger partial charge is 0.272 e. The highest BCUT2D eigenvalue weighted by atomic mass is 16.2. The van der Waals surface area contributed by atoms with Gasteiger partial charge in [-0.25, -0.2) is 0 Å². The van der Waals surface area contributed by atoms with Gasteiger partial charge in [0.05, 0.1) is 11.7 Å². The molecule has 6 heteroatoms. The summed E-state index contributed by atoms with van der Waals surface area (Å²) in [6, 6.07) is 6.23. The molecule has 25 heavy (non-hydrogen) atoms. The quantitative estimate of drug-likeness (QED) is 0.770. The van der Waals surface area contributed by atoms with E-state index in [-0.39, 0.29) is 11.9 Å². The third-order valence-corrected chi connectivity index (χ3v) is 5.24. The Bertz CT molecular complexity index is 910. The molecule has 2 atom stereocenters. The Labute approximate surface area is 146 Å². The number of fused-ring (bicyclic) bond motifs is 1. The summed E-state index contributed by atoms with van der Waals surface area (Å²) in [4.78, 5) is 12.8. The predicted molar refractivity (Wildman–Crippen MR) is 97.2 cm³/mol. The molecule has 0 spiro atoms. The van der Waals surface area contributed by atoms with Gasteiger partial charge in [0, 0.05) is 30.2 Å². The highest BCUT2D eigenvalue weighted by Crippen LogP contribution is 2.27. The average Bonchev–Trinajstić information content (AvgIpc) is 3.22. The number of nitrogens with zero attached hydrogens (tertiary/aromatic N) is 3. The van der Waals surface area contributed by atoms with Crippen molar-refractivity contribution in [3.8, 4) is 11.1 Å². The van der Waals surface area contributed by atoms with Gasteiger partial charge in [-0.15, -0.1) is 0 Å². The second kappa shape index (κ2) is 6.35. The largest absolute Gasteiger partial charge is 0.348 e. The zero-order valence-electron chi connectivity index (χ0n) is 14.6. The van der Waals surface area contributed by atoms with Gasteiger partial charge in [-0.2, -0.15) is 10.2 Å². The molecule has 2 aromatic heterocycles. The van der Waals surface area contributed by atoms with Crippen molar-refractivity contribution in [3.63, 3.8) is 0 Å². The van der Waals surface area contributed by atoms with Gasteiger partial charge in [0.1, 0.15) is 0 Å². The van der Waals surface area contributed by atoms with E-state index >= 15 is 0 Å². The fourth-order valence-corrected chi connectivity index (χ4v) is 3.70. The van der Waals surface area contributed by atoms with E-state index in [1.165, 1.54) is 19.3 Å². The number of rotatable bonds is 3. The summed E-state index contributed by atoms with van der Waals surface area (Å²) >= 11 is 0. The van der Waals surface area contributed by atoms with Gasteiger partial charge in [-0.05, 0) is 36.5 Å². The molecule has 3 aromatic rings. The first-order valence-electron chi connectivity index (χ1n) is 8.90. The fraction of sp³-hybridized carbons (Fsp3) is 0.421. The number of carbonyl (C=O) groups excluding carboxylic acids is 1. The Kier molecular flexibility index (Phi) is 4.03. The Morgan fingerprint density at radius 3 is 2.88 bits per heavy atom. The van der Waals surface area contributed by atoms with Crippen LogP contribution in [-0.2, 0) is 7.05 Å². The highest BCUT2D eigenvalue weighted by molar-refractivity contribution is 6.05. The van der Waals surface area contributed by atoms with Crippen LogP contribution in [0.3, 0.4) is 0 Å². The van der Waals surface area contributed by atoms with Crippen LogP contribution in [0.4, 0.5) is 0 Å². The van der Waals surface area contributed by atoms with Crippen molar-refractivity contribution >= 4 is 16.8 Å². The molecule has 1 amide bonds. The van der Waals surface area contributed by atoms with Crippen molar-refractivity contribution in [1.82, 2.24) is 25.3 Å². The molecule has 4 rings (SSSR count). The summed E-state index contributed by atoms with van der Waals surface area (Å²) in [6.07, 6.45) is 8.46. The number of H-pyrrole nitrogens is 1. The first kappa shape index (κ1) is 15.9. The van der Waals surface area contributed by atoms with Gasteiger partial charge in [-0.3, -0.25) is 14.6 Å². The first-order chi connectivity index (χ1) is 12.1. The monoisotopic (exact) mass is 337 g/mol. The summed E-state index contributed by atoms with van der Waals surface area (Å²) in [7, 11) is 1.89. The molecular weight excluding hydrogens is 314 g/mol. The Hall–Kier alpha value is -2.63. The van der Waals surface area contributed by atoms with Crippen LogP contribution >= 0.6 is 0 Å². The van der Waals surface area contributed by atoms with Gasteiger partial charge < -0.3 is 5.32 Å². The number of aromatic amines is 1. The lowest BCUT2D eigenvalue weighted by atomic mass is 9.86. The zero-order chi connectivity index (χ0) is 17.4. The van der Waals surface area contributed by atoms with Gasteiger partial charge in [0.25, 0.3) is 5.91 Å². The topological polar surface area (TPSA) is 75.6 Å². The van der Waals surface area contributed by atoms with Gasteiger partial charge in [0.15, 0.2) is 5.69 Å². The van der Waals surface area contributed by atoms with Crippen LogP contribution in [-0.4, -0.2) is 31.9 Å². The summed E-state index contributed by atoms with van der Waals surface area (Å²) < 4.78 is 1.77. The van der Waals surface area contributed by atoms with Crippen LogP contribution in [0.2, 0.25) is 0 Å². The molecule has 6 nitrogen and oxygen atoms in total. The van der Waals surface area contributed by atoms with Crippen molar-refractivity contribution in [1.29, 1.82) is 0 Å². The number of hydrogen-bond donors (Lipinski definition) is 2. The van der Waals surface area contributed by atoms with Crippen molar-refractivity contribution in [2.75, 3.05) is 0 Å². The molecule has 1 aliphatic carbocycles. The number of aromatic nitrogens is 4. The van der Waals surface area contributed by atoms with E-state index in [1.54, 1.807) is 4.68 Å². The van der Waals surface area contributed by atoms with E-state index in [9.17, 15) is 4.79 Å². The lowest BCUT2D eigenvalue weighted by molar-refractivity contribution is 0.0907. The van der Waals surface area contributed by atoms with Crippen molar-refractivity contribution in [2.45, 2.75) is 38.6 Å². The molecule has 0 aliphatic heterocycles. The Morgan fingerprint density at radius 1 is 1.28 bits per heavy atom. The van der Waals surface area contributed by atoms with E-state index in [1.807, 2.05) is 37.6 Å². The molecule has 0 unspecified atom stereocenters. The minimum absolute atomic E-state index is 0.0895. The number of carbonyl (C=O) groups is 1. The van der Waals surface area contributed by atoms with Crippen LogP contribution in [0, 0.1) is 5.92 Å². The molecule has 1 aromatic carbocycles. The molecule has 1 aliphatic rings. The van der Waals surface area contributed by atoms with E-state index in [0.717, 1.165) is 28.5 Å². The molecule has 0 bridgehead atoms. The molecule has 1 saturated carbocycles. The lowest BCUT2D eigenvalue weighted by Gasteiger charge is -2.29. The SMILES string of the molecule is C[C@@H]1CCCC[C@H]1NC(=O)c1n[nH]c2ccc(-c3cnn(C)c3)cc12. The van der Waals surface area contributed by atoms with Crippen molar-refractivity contribution in [2.24, 2.45) is 13.0 Å². The maximum atomic E-state index is 12.8. The van der Waals surface area contributed by atoms with Crippen LogP contribution in [0.5, 0.6) is 0 Å². The third kappa shape index (κ3) is 3.04. The number of hydrogen-bond acceptors (Lipinski definition) is 3. The molecule has 2 heterocycles. The Balaban J connectivity index is 1.64. The minimum atomic E-state index is -0.0895. The second-order valence-electron chi connectivity index (χ2n) is 7.08. The molecule has 0 saturated heterocycles. The van der Waals surface area contributed by atoms with E-state index in [0.29, 0.717) is 11.6 Å². The standard InChI is InChI=1S/C19H23N5O/c1-12-5-3-4-6-16(12)21-19(25)18-15-9-13(7-8-17(15)22-23-18)14-10-20-24(2)11-14/h7-12,16H,3-6H2,1-2H3,(H,21,25)(H,22,23)/t12-,16-/m1/s1. The summed E-state index contributed by atoms with van der Waals surface area (Å²) in [5, 5.41) is 15.5. The highest BCUT2D eigenvalue weighted by Gasteiger charge is 2.25. The van der Waals surface area contributed by atoms with E-state index < -0.39 is 0 Å². The van der Waals surface area contributed by atoms with E-state index in [4.69, 9.17) is 0 Å². The lowest BCUT2D eigenvalue weighted by Crippen LogP contribution is -2.41. The van der Waals surface area contributed by atoms with Crippen LogP contribution in [0.25, 0.3) is 22.0 Å². The molecule has 2 N–H and O–H groups in total. The number of amides is 1. The van der Waals surface area contributed by atoms with Crippen molar-refractivity contribution < 1.29 is 4.79 Å². The summed E-state index contributed by atoms with van der Waals surface area (Å²) in [6.45, 7) is 2.22. The zero-order valence-corrected chi connectivity index (χ0v) is 14.6. The van der Waals surface area contributed by atoms with Gasteiger partial charge >= 0.3 is 0 Å². The Morgan fingerprint density at radius 2 is 2.12 bits per heavy atom. The maximum absolute atomic E-state index is 12.8. The normalized spacial score (nSPS) is 20.7. The molecule has 130 valence electrons. The number of aryl methyl sites for hydroxylation is 1. The van der Waals surface area contributed by atoms with Crippen LogP contribution in [0.1, 0.15) is 43.1 Å². The number of benzene rings is 1. The van der Waals surface area contributed by atoms with E-state index in [2.05, 4.69) is 27.5 Å². The second-order valence-corrected chi connectivity index (χ2v) is 7.08.